The average molecular weight is 291 g/mol. The van der Waals surface area contributed by atoms with Crippen LogP contribution in [0.2, 0.25) is 5.02 Å². The molecule has 0 fully saturated rings. The molecule has 0 heterocycles. The lowest BCUT2D eigenvalue weighted by Gasteiger charge is -2.13. The Morgan fingerprint density at radius 2 is 1.80 bits per heavy atom. The van der Waals surface area contributed by atoms with Crippen LogP contribution in [0, 0.1) is 13.8 Å². The molecule has 0 aliphatic carbocycles. The van der Waals surface area contributed by atoms with Crippen molar-refractivity contribution in [2.45, 2.75) is 13.8 Å². The summed E-state index contributed by atoms with van der Waals surface area (Å²) >= 11 is 6.10. The summed E-state index contributed by atoms with van der Waals surface area (Å²) in [6.07, 6.45) is 0. The Kier molecular flexibility index (Phi) is 4.00. The SMILES string of the molecule is COc1ccc(C(=O)O)cc1-c1cc(C)c(Cl)cc1C. The van der Waals surface area contributed by atoms with E-state index in [2.05, 4.69) is 0 Å². The molecule has 4 heteroatoms. The van der Waals surface area contributed by atoms with Crippen molar-refractivity contribution in [1.82, 2.24) is 0 Å². The van der Waals surface area contributed by atoms with Gasteiger partial charge >= 0.3 is 5.97 Å². The molecule has 1 N–H and O–H groups in total. The van der Waals surface area contributed by atoms with E-state index < -0.39 is 5.97 Å². The molecule has 0 atom stereocenters. The number of carbonyl (C=O) groups is 1. The highest BCUT2D eigenvalue weighted by Gasteiger charge is 2.13. The Morgan fingerprint density at radius 1 is 1.10 bits per heavy atom. The number of aryl methyl sites for hydroxylation is 2. The number of benzene rings is 2. The Labute approximate surface area is 122 Å². The Morgan fingerprint density at radius 3 is 2.40 bits per heavy atom. The van der Waals surface area contributed by atoms with Gasteiger partial charge in [-0.25, -0.2) is 4.79 Å². The second-order valence-corrected chi connectivity index (χ2v) is 5.04. The number of ether oxygens (including phenoxy) is 1. The summed E-state index contributed by atoms with van der Waals surface area (Å²) in [7, 11) is 1.57. The lowest BCUT2D eigenvalue weighted by Crippen LogP contribution is -1.99. The number of methoxy groups -OCH3 is 1. The first kappa shape index (κ1) is 14.4. The van der Waals surface area contributed by atoms with Crippen LogP contribution in [0.1, 0.15) is 21.5 Å². The summed E-state index contributed by atoms with van der Waals surface area (Å²) in [4.78, 5) is 11.1. The average Bonchev–Trinajstić information content (AvgIpc) is 2.42. The molecule has 0 saturated heterocycles. The predicted octanol–water partition coefficient (Wildman–Crippen LogP) is 4.33. The molecule has 3 nitrogen and oxygen atoms in total. The normalized spacial score (nSPS) is 10.4. The Balaban J connectivity index is 2.70. The molecule has 0 amide bonds. The van der Waals surface area contributed by atoms with E-state index in [0.717, 1.165) is 22.3 Å². The molecule has 0 saturated carbocycles. The minimum atomic E-state index is -0.961. The summed E-state index contributed by atoms with van der Waals surface area (Å²) in [5.41, 5.74) is 3.82. The first-order valence-corrected chi connectivity index (χ1v) is 6.50. The molecular weight excluding hydrogens is 276 g/mol. The van der Waals surface area contributed by atoms with Crippen molar-refractivity contribution in [3.63, 3.8) is 0 Å². The van der Waals surface area contributed by atoms with Crippen LogP contribution in [0.4, 0.5) is 0 Å². The smallest absolute Gasteiger partial charge is 0.335 e. The standard InChI is InChI=1S/C16H15ClO3/c1-9-7-14(17)10(2)6-12(9)13-8-11(16(18)19)4-5-15(13)20-3/h4-8H,1-3H3,(H,18,19). The summed E-state index contributed by atoms with van der Waals surface area (Å²) in [5.74, 6) is -0.322. The van der Waals surface area contributed by atoms with Gasteiger partial charge in [0.05, 0.1) is 12.7 Å². The van der Waals surface area contributed by atoms with Crippen molar-refractivity contribution in [1.29, 1.82) is 0 Å². The third-order valence-corrected chi connectivity index (χ3v) is 3.65. The second kappa shape index (κ2) is 5.55. The van der Waals surface area contributed by atoms with Gasteiger partial charge < -0.3 is 9.84 Å². The highest BCUT2D eigenvalue weighted by atomic mass is 35.5. The zero-order chi connectivity index (χ0) is 14.9. The quantitative estimate of drug-likeness (QED) is 0.915. The molecule has 2 aromatic rings. The van der Waals surface area contributed by atoms with Crippen LogP contribution < -0.4 is 4.74 Å². The second-order valence-electron chi connectivity index (χ2n) is 4.64. The molecule has 20 heavy (non-hydrogen) atoms. The molecule has 0 aliphatic heterocycles. The fourth-order valence-electron chi connectivity index (χ4n) is 2.12. The largest absolute Gasteiger partial charge is 0.496 e. The van der Waals surface area contributed by atoms with Crippen LogP contribution in [0.5, 0.6) is 5.75 Å². The topological polar surface area (TPSA) is 46.5 Å². The van der Waals surface area contributed by atoms with Gasteiger partial charge in [-0.2, -0.15) is 0 Å². The number of carboxylic acid groups (broad SMARTS) is 1. The Hall–Kier alpha value is -2.00. The molecule has 0 aromatic heterocycles. The van der Waals surface area contributed by atoms with E-state index in [1.54, 1.807) is 19.2 Å². The van der Waals surface area contributed by atoms with Gasteiger partial charge in [0.25, 0.3) is 0 Å². The number of aromatic carboxylic acids is 1. The van der Waals surface area contributed by atoms with Gasteiger partial charge in [-0.15, -0.1) is 0 Å². The minimum Gasteiger partial charge on any atom is -0.496 e. The fourth-order valence-corrected chi connectivity index (χ4v) is 2.34. The van der Waals surface area contributed by atoms with E-state index in [-0.39, 0.29) is 5.56 Å². The van der Waals surface area contributed by atoms with Gasteiger partial charge in [0.2, 0.25) is 0 Å². The van der Waals surface area contributed by atoms with Crippen LogP contribution >= 0.6 is 11.6 Å². The summed E-state index contributed by atoms with van der Waals surface area (Å²) in [6, 6.07) is 8.64. The van der Waals surface area contributed by atoms with Crippen LogP contribution in [-0.4, -0.2) is 18.2 Å². The zero-order valence-corrected chi connectivity index (χ0v) is 12.3. The summed E-state index contributed by atoms with van der Waals surface area (Å²) in [6.45, 7) is 3.85. The van der Waals surface area contributed by atoms with Crippen molar-refractivity contribution in [2.24, 2.45) is 0 Å². The van der Waals surface area contributed by atoms with Gasteiger partial charge in [-0.1, -0.05) is 11.6 Å². The first-order chi connectivity index (χ1) is 9.43. The maximum atomic E-state index is 11.1. The van der Waals surface area contributed by atoms with Crippen molar-refractivity contribution >= 4 is 17.6 Å². The van der Waals surface area contributed by atoms with Crippen molar-refractivity contribution < 1.29 is 14.6 Å². The van der Waals surface area contributed by atoms with E-state index in [4.69, 9.17) is 21.4 Å². The van der Waals surface area contributed by atoms with Crippen molar-refractivity contribution in [2.75, 3.05) is 7.11 Å². The van der Waals surface area contributed by atoms with Gasteiger partial charge in [-0.05, 0) is 60.9 Å². The molecular formula is C16H15ClO3. The molecule has 104 valence electrons. The van der Waals surface area contributed by atoms with Crippen LogP contribution in [-0.2, 0) is 0 Å². The number of rotatable bonds is 3. The number of carboxylic acids is 1. The van der Waals surface area contributed by atoms with Gasteiger partial charge in [0, 0.05) is 10.6 Å². The van der Waals surface area contributed by atoms with E-state index >= 15 is 0 Å². The fraction of sp³-hybridized carbons (Fsp3) is 0.188. The van der Waals surface area contributed by atoms with Crippen LogP contribution in [0.25, 0.3) is 11.1 Å². The molecule has 0 bridgehead atoms. The summed E-state index contributed by atoms with van der Waals surface area (Å²) < 4.78 is 5.33. The van der Waals surface area contributed by atoms with E-state index in [0.29, 0.717) is 10.8 Å². The van der Waals surface area contributed by atoms with E-state index in [1.165, 1.54) is 6.07 Å². The highest BCUT2D eigenvalue weighted by Crippen LogP contribution is 2.35. The lowest BCUT2D eigenvalue weighted by atomic mass is 9.96. The first-order valence-electron chi connectivity index (χ1n) is 6.12. The maximum Gasteiger partial charge on any atom is 0.335 e. The molecule has 0 unspecified atom stereocenters. The Bertz CT molecular complexity index is 678. The van der Waals surface area contributed by atoms with Crippen LogP contribution in [0.15, 0.2) is 30.3 Å². The molecule has 0 aliphatic rings. The molecule has 0 spiro atoms. The third-order valence-electron chi connectivity index (χ3n) is 3.24. The van der Waals surface area contributed by atoms with E-state index in [9.17, 15) is 4.79 Å². The van der Waals surface area contributed by atoms with Gasteiger partial charge in [-0.3, -0.25) is 0 Å². The highest BCUT2D eigenvalue weighted by molar-refractivity contribution is 6.31. The molecule has 0 radical (unpaired) electrons. The lowest BCUT2D eigenvalue weighted by molar-refractivity contribution is 0.0697. The number of hydrogen-bond donors (Lipinski definition) is 1. The van der Waals surface area contributed by atoms with Crippen molar-refractivity contribution in [3.8, 4) is 16.9 Å². The molecule has 2 rings (SSSR count). The maximum absolute atomic E-state index is 11.1. The predicted molar refractivity (Wildman–Crippen MR) is 79.9 cm³/mol. The third kappa shape index (κ3) is 2.63. The molecule has 2 aromatic carbocycles. The van der Waals surface area contributed by atoms with Crippen LogP contribution in [0.3, 0.4) is 0 Å². The zero-order valence-electron chi connectivity index (χ0n) is 11.5. The van der Waals surface area contributed by atoms with E-state index in [1.807, 2.05) is 26.0 Å². The summed E-state index contributed by atoms with van der Waals surface area (Å²) in [5, 5.41) is 9.82. The number of hydrogen-bond acceptors (Lipinski definition) is 2. The minimum absolute atomic E-state index is 0.229. The van der Waals surface area contributed by atoms with Gasteiger partial charge in [0.15, 0.2) is 0 Å². The van der Waals surface area contributed by atoms with Gasteiger partial charge in [0.1, 0.15) is 5.75 Å². The number of halogens is 1. The van der Waals surface area contributed by atoms with Crippen molar-refractivity contribution in [3.05, 3.63) is 52.0 Å². The monoisotopic (exact) mass is 290 g/mol.